The quantitative estimate of drug-likeness (QED) is 0.558. The van der Waals surface area contributed by atoms with E-state index in [0.717, 1.165) is 18.5 Å². The highest BCUT2D eigenvalue weighted by molar-refractivity contribution is 5.79. The Morgan fingerprint density at radius 1 is 1.36 bits per heavy atom. The van der Waals surface area contributed by atoms with Gasteiger partial charge in [0.1, 0.15) is 0 Å². The lowest BCUT2D eigenvalue weighted by Gasteiger charge is -2.17. The minimum atomic E-state index is 0.505. The number of carbonyl (C=O) groups excluding carboxylic acids is 1. The van der Waals surface area contributed by atoms with Crippen LogP contribution in [0.2, 0.25) is 0 Å². The number of carbonyl (C=O) groups is 1. The highest BCUT2D eigenvalue weighted by Crippen LogP contribution is 2.22. The smallest absolute Gasteiger partial charge is 0.214 e. The van der Waals surface area contributed by atoms with Crippen LogP contribution in [0.5, 0.6) is 0 Å². The summed E-state index contributed by atoms with van der Waals surface area (Å²) in [7, 11) is 0. The van der Waals surface area contributed by atoms with Crippen molar-refractivity contribution >= 4 is 23.5 Å². The molecular weight excluding hydrogens is 178 g/mol. The van der Waals surface area contributed by atoms with Crippen molar-refractivity contribution in [3.63, 3.8) is 0 Å². The summed E-state index contributed by atoms with van der Waals surface area (Å²) >= 11 is 0. The zero-order chi connectivity index (χ0) is 10.6. The van der Waals surface area contributed by atoms with Gasteiger partial charge in [0.25, 0.3) is 0 Å². The van der Waals surface area contributed by atoms with Crippen molar-refractivity contribution in [2.45, 2.75) is 13.3 Å². The molecule has 0 bridgehead atoms. The van der Waals surface area contributed by atoms with E-state index in [4.69, 9.17) is 11.5 Å². The molecular formula is C10H15N3O. The highest BCUT2D eigenvalue weighted by atomic mass is 16.1. The maximum atomic E-state index is 10.7. The summed E-state index contributed by atoms with van der Waals surface area (Å²) in [5.74, 6) is 0. The van der Waals surface area contributed by atoms with E-state index in [-0.39, 0.29) is 0 Å². The van der Waals surface area contributed by atoms with Crippen molar-refractivity contribution in [1.82, 2.24) is 0 Å². The Morgan fingerprint density at radius 3 is 2.57 bits per heavy atom. The molecule has 1 aromatic rings. The van der Waals surface area contributed by atoms with Gasteiger partial charge in [-0.2, -0.15) is 0 Å². The largest absolute Gasteiger partial charge is 0.397 e. The van der Waals surface area contributed by atoms with E-state index in [9.17, 15) is 4.79 Å². The minimum absolute atomic E-state index is 0.505. The average Bonchev–Trinajstić information content (AvgIpc) is 2.19. The molecule has 0 saturated heterocycles. The Labute approximate surface area is 83.5 Å². The van der Waals surface area contributed by atoms with Crippen LogP contribution in [0, 0.1) is 0 Å². The molecule has 1 rings (SSSR count). The van der Waals surface area contributed by atoms with Crippen LogP contribution >= 0.6 is 0 Å². The molecule has 0 radical (unpaired) electrons. The van der Waals surface area contributed by atoms with Crippen LogP contribution in [0.1, 0.15) is 13.3 Å². The van der Waals surface area contributed by atoms with E-state index >= 15 is 0 Å². The number of hydrogen-bond donors (Lipinski definition) is 2. The number of benzene rings is 1. The minimum Gasteiger partial charge on any atom is -0.397 e. The average molecular weight is 193 g/mol. The van der Waals surface area contributed by atoms with E-state index in [2.05, 4.69) is 0 Å². The van der Waals surface area contributed by atoms with Crippen LogP contribution in [0.15, 0.2) is 18.2 Å². The van der Waals surface area contributed by atoms with Crippen LogP contribution in [-0.2, 0) is 4.79 Å². The van der Waals surface area contributed by atoms with Crippen molar-refractivity contribution in [2.24, 2.45) is 0 Å². The number of nitrogen functional groups attached to an aromatic ring is 2. The maximum absolute atomic E-state index is 10.7. The molecule has 14 heavy (non-hydrogen) atoms. The first-order chi connectivity index (χ1) is 6.69. The fraction of sp³-hybridized carbons (Fsp3) is 0.300. The maximum Gasteiger partial charge on any atom is 0.214 e. The Bertz CT molecular complexity index is 325. The molecule has 0 aliphatic heterocycles. The van der Waals surface area contributed by atoms with E-state index in [0.29, 0.717) is 17.9 Å². The fourth-order valence-corrected chi connectivity index (χ4v) is 1.22. The lowest BCUT2D eigenvalue weighted by Crippen LogP contribution is -2.21. The van der Waals surface area contributed by atoms with Gasteiger partial charge in [0, 0.05) is 12.2 Å². The van der Waals surface area contributed by atoms with Crippen LogP contribution in [0.25, 0.3) is 0 Å². The molecule has 0 aliphatic rings. The van der Waals surface area contributed by atoms with Gasteiger partial charge < -0.3 is 16.4 Å². The summed E-state index contributed by atoms with van der Waals surface area (Å²) in [5.41, 5.74) is 13.0. The Balaban J connectivity index is 2.93. The second-order valence-corrected chi connectivity index (χ2v) is 3.11. The van der Waals surface area contributed by atoms with Gasteiger partial charge in [-0.05, 0) is 24.6 Å². The standard InChI is InChI=1S/C10H15N3O/c1-2-5-13(7-14)8-3-4-9(11)10(12)6-8/h3-4,6-7H,2,5,11-12H2,1H3. The van der Waals surface area contributed by atoms with E-state index in [1.54, 1.807) is 23.1 Å². The molecule has 0 saturated carbocycles. The first kappa shape index (κ1) is 10.4. The molecule has 4 N–H and O–H groups in total. The van der Waals surface area contributed by atoms with Gasteiger partial charge >= 0.3 is 0 Å². The van der Waals surface area contributed by atoms with Gasteiger partial charge in [-0.15, -0.1) is 0 Å². The van der Waals surface area contributed by atoms with Crippen molar-refractivity contribution in [1.29, 1.82) is 0 Å². The molecule has 0 spiro atoms. The Morgan fingerprint density at radius 2 is 2.07 bits per heavy atom. The topological polar surface area (TPSA) is 72.3 Å². The second kappa shape index (κ2) is 4.50. The van der Waals surface area contributed by atoms with Crippen molar-refractivity contribution in [3.05, 3.63) is 18.2 Å². The number of nitrogens with two attached hydrogens (primary N) is 2. The van der Waals surface area contributed by atoms with Crippen LogP contribution in [0.3, 0.4) is 0 Å². The normalized spacial score (nSPS) is 9.79. The first-order valence-electron chi connectivity index (χ1n) is 4.56. The molecule has 0 aromatic heterocycles. The number of anilines is 3. The summed E-state index contributed by atoms with van der Waals surface area (Å²) in [6.07, 6.45) is 1.71. The Kier molecular flexibility index (Phi) is 3.34. The molecule has 4 heteroatoms. The molecule has 0 unspecified atom stereocenters. The number of hydrogen-bond acceptors (Lipinski definition) is 3. The number of rotatable bonds is 4. The van der Waals surface area contributed by atoms with Crippen LogP contribution in [0.4, 0.5) is 17.1 Å². The third-order valence-corrected chi connectivity index (χ3v) is 1.99. The van der Waals surface area contributed by atoms with Gasteiger partial charge in [0.2, 0.25) is 6.41 Å². The monoisotopic (exact) mass is 193 g/mol. The molecule has 76 valence electrons. The summed E-state index contributed by atoms with van der Waals surface area (Å²) in [5, 5.41) is 0. The van der Waals surface area contributed by atoms with E-state index in [1.165, 1.54) is 0 Å². The van der Waals surface area contributed by atoms with Gasteiger partial charge in [-0.3, -0.25) is 4.79 Å². The third-order valence-electron chi connectivity index (χ3n) is 1.99. The molecule has 1 aromatic carbocycles. The summed E-state index contributed by atoms with van der Waals surface area (Å²) < 4.78 is 0. The number of amides is 1. The van der Waals surface area contributed by atoms with Crippen LogP contribution < -0.4 is 16.4 Å². The predicted molar refractivity (Wildman–Crippen MR) is 59.0 cm³/mol. The molecule has 1 amide bonds. The Hall–Kier alpha value is -1.71. The van der Waals surface area contributed by atoms with E-state index in [1.807, 2.05) is 6.92 Å². The highest BCUT2D eigenvalue weighted by Gasteiger charge is 2.04. The van der Waals surface area contributed by atoms with Crippen molar-refractivity contribution in [2.75, 3.05) is 22.9 Å². The lowest BCUT2D eigenvalue weighted by molar-refractivity contribution is -0.107. The summed E-state index contributed by atoms with van der Waals surface area (Å²) in [6.45, 7) is 2.70. The van der Waals surface area contributed by atoms with Crippen molar-refractivity contribution in [3.8, 4) is 0 Å². The van der Waals surface area contributed by atoms with E-state index < -0.39 is 0 Å². The summed E-state index contributed by atoms with van der Waals surface area (Å²) in [6, 6.07) is 5.20. The molecule has 0 fully saturated rings. The van der Waals surface area contributed by atoms with Gasteiger partial charge in [-0.1, -0.05) is 6.92 Å². The van der Waals surface area contributed by atoms with Gasteiger partial charge in [-0.25, -0.2) is 0 Å². The van der Waals surface area contributed by atoms with Crippen molar-refractivity contribution < 1.29 is 4.79 Å². The zero-order valence-corrected chi connectivity index (χ0v) is 8.23. The third kappa shape index (κ3) is 2.16. The predicted octanol–water partition coefficient (Wildman–Crippen LogP) is 1.22. The fourth-order valence-electron chi connectivity index (χ4n) is 1.22. The molecule has 0 heterocycles. The van der Waals surface area contributed by atoms with Gasteiger partial charge in [0.05, 0.1) is 11.4 Å². The lowest BCUT2D eigenvalue weighted by atomic mass is 10.2. The van der Waals surface area contributed by atoms with Gasteiger partial charge in [0.15, 0.2) is 0 Å². The first-order valence-corrected chi connectivity index (χ1v) is 4.56. The molecule has 0 atom stereocenters. The zero-order valence-electron chi connectivity index (χ0n) is 8.23. The molecule has 4 nitrogen and oxygen atoms in total. The summed E-state index contributed by atoms with van der Waals surface area (Å²) in [4.78, 5) is 12.4. The molecule has 0 aliphatic carbocycles. The number of nitrogens with zero attached hydrogens (tertiary/aromatic N) is 1. The second-order valence-electron chi connectivity index (χ2n) is 3.11. The van der Waals surface area contributed by atoms with Crippen LogP contribution in [-0.4, -0.2) is 13.0 Å². The SMILES string of the molecule is CCCN(C=O)c1ccc(N)c(N)c1.